The average molecular weight is 409 g/mol. The normalized spacial score (nSPS) is 21.5. The molecule has 20 heavy (non-hydrogen) atoms. The van der Waals surface area contributed by atoms with Gasteiger partial charge >= 0.3 is 12.0 Å². The van der Waals surface area contributed by atoms with Crippen molar-refractivity contribution in [1.29, 1.82) is 0 Å². The fraction of sp³-hybridized carbons (Fsp3) is 0.385. The van der Waals surface area contributed by atoms with Gasteiger partial charge in [0, 0.05) is 9.61 Å². The summed E-state index contributed by atoms with van der Waals surface area (Å²) in [5.41, 5.74) is 0.509. The predicted molar refractivity (Wildman–Crippen MR) is 85.1 cm³/mol. The molecule has 5 nitrogen and oxygen atoms in total. The van der Waals surface area contributed by atoms with Crippen LogP contribution in [0.25, 0.3) is 0 Å². The maximum absolute atomic E-state index is 11.9. The Hall–Kier alpha value is -1.02. The predicted octanol–water partition coefficient (Wildman–Crippen LogP) is 3.32. The number of amides is 2. The molecule has 2 unspecified atom stereocenters. The highest BCUT2D eigenvalue weighted by molar-refractivity contribution is 14.1. The summed E-state index contributed by atoms with van der Waals surface area (Å²) in [5.74, 6) is -1.37. The van der Waals surface area contributed by atoms with Crippen LogP contribution in [0.5, 0.6) is 0 Å². The van der Waals surface area contributed by atoms with Gasteiger partial charge in [0.2, 0.25) is 0 Å². The molecule has 0 saturated heterocycles. The Balaban J connectivity index is 1.97. The lowest BCUT2D eigenvalue weighted by Gasteiger charge is -2.18. The van der Waals surface area contributed by atoms with Gasteiger partial charge in [-0.15, -0.1) is 0 Å². The molecule has 0 aromatic heterocycles. The molecule has 1 fully saturated rings. The highest BCUT2D eigenvalue weighted by Gasteiger charge is 2.33. The van der Waals surface area contributed by atoms with Gasteiger partial charge in [-0.2, -0.15) is 0 Å². The number of aliphatic carboxylic acids is 1. The zero-order valence-corrected chi connectivity index (χ0v) is 13.4. The third-order valence-electron chi connectivity index (χ3n) is 3.33. The highest BCUT2D eigenvalue weighted by Crippen LogP contribution is 2.27. The molecule has 2 rings (SSSR count). The third kappa shape index (κ3) is 3.76. The topological polar surface area (TPSA) is 78.4 Å². The van der Waals surface area contributed by atoms with Gasteiger partial charge in [-0.3, -0.25) is 4.79 Å². The molecule has 0 bridgehead atoms. The van der Waals surface area contributed by atoms with Gasteiger partial charge in [-0.25, -0.2) is 4.79 Å². The smallest absolute Gasteiger partial charge is 0.319 e. The van der Waals surface area contributed by atoms with Crippen LogP contribution < -0.4 is 10.6 Å². The lowest BCUT2D eigenvalue weighted by Crippen LogP contribution is -2.42. The molecule has 2 amide bonds. The minimum Gasteiger partial charge on any atom is -0.481 e. The molecule has 1 aliphatic carbocycles. The summed E-state index contributed by atoms with van der Waals surface area (Å²) in [5, 5.41) is 14.9. The van der Waals surface area contributed by atoms with E-state index in [-0.39, 0.29) is 6.04 Å². The Labute approximate surface area is 135 Å². The molecule has 3 N–H and O–H groups in total. The van der Waals surface area contributed by atoms with E-state index in [1.54, 1.807) is 12.1 Å². The summed E-state index contributed by atoms with van der Waals surface area (Å²) in [6.45, 7) is 0. The second-order valence-electron chi connectivity index (χ2n) is 4.70. The molecule has 0 heterocycles. The van der Waals surface area contributed by atoms with E-state index in [0.29, 0.717) is 23.6 Å². The van der Waals surface area contributed by atoms with Crippen molar-refractivity contribution in [3.05, 3.63) is 26.8 Å². The molecule has 1 aromatic rings. The van der Waals surface area contributed by atoms with Crippen LogP contribution in [0.4, 0.5) is 10.5 Å². The van der Waals surface area contributed by atoms with Crippen LogP contribution in [0.2, 0.25) is 5.02 Å². The number of carbonyl (C=O) groups excluding carboxylic acids is 1. The maximum atomic E-state index is 11.9. The van der Waals surface area contributed by atoms with Crippen LogP contribution in [-0.2, 0) is 4.79 Å². The summed E-state index contributed by atoms with van der Waals surface area (Å²) < 4.78 is 0.972. The second kappa shape index (κ2) is 6.62. The van der Waals surface area contributed by atoms with Crippen molar-refractivity contribution in [3.8, 4) is 0 Å². The van der Waals surface area contributed by atoms with Crippen molar-refractivity contribution in [1.82, 2.24) is 5.32 Å². The lowest BCUT2D eigenvalue weighted by molar-refractivity contribution is -0.142. The number of halogens is 2. The minimum absolute atomic E-state index is 0.324. The molecule has 0 radical (unpaired) electrons. The number of hydrogen-bond acceptors (Lipinski definition) is 2. The molecule has 1 aliphatic rings. The standard InChI is InChI=1S/C13H14ClIN2O3/c14-9-6-7(15)4-5-11(9)17-13(20)16-10-3-1-2-8(10)12(18)19/h4-6,8,10H,1-3H2,(H,18,19)(H2,16,17,20). The first-order valence-corrected chi connectivity index (χ1v) is 7.68. The van der Waals surface area contributed by atoms with Crippen LogP contribution in [0, 0.1) is 9.49 Å². The number of nitrogens with one attached hydrogen (secondary N) is 2. The molecule has 1 aromatic carbocycles. The summed E-state index contributed by atoms with van der Waals surface area (Å²) in [6, 6.07) is 4.54. The fourth-order valence-corrected chi connectivity index (χ4v) is 3.25. The van der Waals surface area contributed by atoms with Crippen molar-refractivity contribution in [2.24, 2.45) is 5.92 Å². The van der Waals surface area contributed by atoms with E-state index in [1.165, 1.54) is 0 Å². The average Bonchev–Trinajstić information content (AvgIpc) is 2.81. The fourth-order valence-electron chi connectivity index (χ4n) is 2.35. The van der Waals surface area contributed by atoms with Crippen molar-refractivity contribution in [3.63, 3.8) is 0 Å². The van der Waals surface area contributed by atoms with Gasteiger partial charge in [-0.1, -0.05) is 18.0 Å². The van der Waals surface area contributed by atoms with Crippen LogP contribution in [-0.4, -0.2) is 23.1 Å². The molecule has 2 atom stereocenters. The first-order valence-electron chi connectivity index (χ1n) is 6.23. The van der Waals surface area contributed by atoms with E-state index in [0.717, 1.165) is 9.99 Å². The number of carboxylic acid groups (broad SMARTS) is 1. The lowest BCUT2D eigenvalue weighted by atomic mass is 10.0. The summed E-state index contributed by atoms with van der Waals surface area (Å²) in [4.78, 5) is 22.9. The first kappa shape index (κ1) is 15.4. The first-order chi connectivity index (χ1) is 9.47. The van der Waals surface area contributed by atoms with Gasteiger partial charge in [0.1, 0.15) is 0 Å². The van der Waals surface area contributed by atoms with E-state index in [1.807, 2.05) is 6.07 Å². The molecule has 7 heteroatoms. The second-order valence-corrected chi connectivity index (χ2v) is 6.36. The molecule has 0 spiro atoms. The number of anilines is 1. The zero-order chi connectivity index (χ0) is 14.7. The molecule has 108 valence electrons. The monoisotopic (exact) mass is 408 g/mol. The third-order valence-corrected chi connectivity index (χ3v) is 4.31. The Morgan fingerprint density at radius 2 is 2.10 bits per heavy atom. The number of hydrogen-bond donors (Lipinski definition) is 3. The maximum Gasteiger partial charge on any atom is 0.319 e. The van der Waals surface area contributed by atoms with E-state index in [2.05, 4.69) is 33.2 Å². The van der Waals surface area contributed by atoms with E-state index < -0.39 is 17.9 Å². The van der Waals surface area contributed by atoms with Crippen molar-refractivity contribution >= 4 is 51.9 Å². The van der Waals surface area contributed by atoms with Gasteiger partial charge in [0.25, 0.3) is 0 Å². The van der Waals surface area contributed by atoms with Gasteiger partial charge in [0.15, 0.2) is 0 Å². The van der Waals surface area contributed by atoms with Crippen LogP contribution in [0.3, 0.4) is 0 Å². The zero-order valence-electron chi connectivity index (χ0n) is 10.5. The Morgan fingerprint density at radius 1 is 1.35 bits per heavy atom. The van der Waals surface area contributed by atoms with Gasteiger partial charge in [0.05, 0.1) is 16.6 Å². The Bertz CT molecular complexity index is 538. The van der Waals surface area contributed by atoms with Crippen LogP contribution in [0.1, 0.15) is 19.3 Å². The van der Waals surface area contributed by atoms with Gasteiger partial charge in [-0.05, 0) is 53.6 Å². The highest BCUT2D eigenvalue weighted by atomic mass is 127. The summed E-state index contributed by atoms with van der Waals surface area (Å²) in [7, 11) is 0. The van der Waals surface area contributed by atoms with E-state index in [9.17, 15) is 9.59 Å². The summed E-state index contributed by atoms with van der Waals surface area (Å²) in [6.07, 6.45) is 2.10. The van der Waals surface area contributed by atoms with E-state index >= 15 is 0 Å². The molecule has 1 saturated carbocycles. The summed E-state index contributed by atoms with van der Waals surface area (Å²) >= 11 is 8.16. The van der Waals surface area contributed by atoms with Crippen molar-refractivity contribution in [2.75, 3.05) is 5.32 Å². The van der Waals surface area contributed by atoms with Crippen LogP contribution in [0.15, 0.2) is 18.2 Å². The SMILES string of the molecule is O=C(Nc1ccc(I)cc1Cl)NC1CCCC1C(=O)O. The van der Waals surface area contributed by atoms with E-state index in [4.69, 9.17) is 16.7 Å². The van der Waals surface area contributed by atoms with Crippen LogP contribution >= 0.6 is 34.2 Å². The largest absolute Gasteiger partial charge is 0.481 e. The minimum atomic E-state index is -0.861. The molecule has 0 aliphatic heterocycles. The Kier molecular flexibility index (Phi) is 5.09. The van der Waals surface area contributed by atoms with Gasteiger partial charge < -0.3 is 15.7 Å². The number of rotatable bonds is 3. The van der Waals surface area contributed by atoms with Crippen molar-refractivity contribution in [2.45, 2.75) is 25.3 Å². The quantitative estimate of drug-likeness (QED) is 0.672. The number of carboxylic acids is 1. The molecular weight excluding hydrogens is 395 g/mol. The number of carbonyl (C=O) groups is 2. The molecular formula is C13H14ClIN2O3. The number of urea groups is 1. The Morgan fingerprint density at radius 3 is 2.75 bits per heavy atom. The van der Waals surface area contributed by atoms with Crippen molar-refractivity contribution < 1.29 is 14.7 Å². The number of benzene rings is 1.